The van der Waals surface area contributed by atoms with E-state index in [0.29, 0.717) is 17.3 Å². The van der Waals surface area contributed by atoms with Crippen LogP contribution in [0.2, 0.25) is 0 Å². The molecule has 0 unspecified atom stereocenters. The molecular formula is C14H15F2N3O. The number of nitrogens with two attached hydrogens (primary N) is 1. The van der Waals surface area contributed by atoms with Crippen LogP contribution in [-0.2, 0) is 6.42 Å². The largest absolute Gasteiger partial charge is 0.339 e. The molecule has 0 saturated heterocycles. The first kappa shape index (κ1) is 13.2. The summed E-state index contributed by atoms with van der Waals surface area (Å²) in [5, 5.41) is 3.87. The van der Waals surface area contributed by atoms with Crippen molar-refractivity contribution < 1.29 is 13.3 Å². The molecule has 1 saturated carbocycles. The fourth-order valence-corrected chi connectivity index (χ4v) is 2.64. The molecule has 0 aliphatic heterocycles. The number of benzene rings is 1. The first-order valence-corrected chi connectivity index (χ1v) is 6.63. The predicted octanol–water partition coefficient (Wildman–Crippen LogP) is 2.53. The third-order valence-electron chi connectivity index (χ3n) is 3.59. The van der Waals surface area contributed by atoms with E-state index in [1.165, 1.54) is 12.1 Å². The minimum atomic E-state index is -0.606. The lowest BCUT2D eigenvalue weighted by Crippen LogP contribution is -2.14. The van der Waals surface area contributed by atoms with Gasteiger partial charge in [-0.1, -0.05) is 5.16 Å². The second kappa shape index (κ2) is 5.28. The van der Waals surface area contributed by atoms with Crippen molar-refractivity contribution in [2.24, 2.45) is 5.73 Å². The van der Waals surface area contributed by atoms with Crippen molar-refractivity contribution >= 4 is 0 Å². The van der Waals surface area contributed by atoms with Crippen LogP contribution in [0, 0.1) is 11.6 Å². The molecule has 2 aromatic rings. The van der Waals surface area contributed by atoms with E-state index in [9.17, 15) is 8.78 Å². The number of aromatic nitrogens is 2. The average Bonchev–Trinajstić information content (AvgIpc) is 2.96. The van der Waals surface area contributed by atoms with Crippen molar-refractivity contribution in [1.82, 2.24) is 10.1 Å². The molecule has 0 amide bonds. The van der Waals surface area contributed by atoms with Gasteiger partial charge in [0.05, 0.1) is 0 Å². The highest BCUT2D eigenvalue weighted by Gasteiger charge is 2.27. The Hall–Kier alpha value is -1.82. The van der Waals surface area contributed by atoms with Gasteiger partial charge in [0.2, 0.25) is 5.89 Å². The lowest BCUT2D eigenvalue weighted by molar-refractivity contribution is 0.350. The van der Waals surface area contributed by atoms with Gasteiger partial charge >= 0.3 is 0 Å². The van der Waals surface area contributed by atoms with Crippen LogP contribution in [0.5, 0.6) is 0 Å². The smallest absolute Gasteiger partial charge is 0.229 e. The average molecular weight is 279 g/mol. The van der Waals surface area contributed by atoms with E-state index in [2.05, 4.69) is 10.1 Å². The lowest BCUT2D eigenvalue weighted by Gasteiger charge is -2.01. The maximum atomic E-state index is 13.1. The highest BCUT2D eigenvalue weighted by Crippen LogP contribution is 2.32. The lowest BCUT2D eigenvalue weighted by atomic mass is 10.1. The van der Waals surface area contributed by atoms with Gasteiger partial charge in [-0.3, -0.25) is 0 Å². The molecule has 2 N–H and O–H groups in total. The van der Waals surface area contributed by atoms with Crippen molar-refractivity contribution in [3.63, 3.8) is 0 Å². The molecule has 1 aromatic heterocycles. The third-order valence-corrected chi connectivity index (χ3v) is 3.59. The van der Waals surface area contributed by atoms with Crippen LogP contribution in [0.4, 0.5) is 8.78 Å². The first-order valence-electron chi connectivity index (χ1n) is 6.63. The van der Waals surface area contributed by atoms with Gasteiger partial charge in [0.25, 0.3) is 0 Å². The van der Waals surface area contributed by atoms with Crippen molar-refractivity contribution in [3.8, 4) is 0 Å². The zero-order valence-electron chi connectivity index (χ0n) is 10.9. The number of hydrogen-bond donors (Lipinski definition) is 1. The zero-order chi connectivity index (χ0) is 14.1. The van der Waals surface area contributed by atoms with E-state index >= 15 is 0 Å². The van der Waals surface area contributed by atoms with E-state index in [0.717, 1.165) is 25.3 Å². The fraction of sp³-hybridized carbons (Fsp3) is 0.429. The normalized spacial score (nSPS) is 22.4. The van der Waals surface area contributed by atoms with Crippen LogP contribution in [-0.4, -0.2) is 16.2 Å². The van der Waals surface area contributed by atoms with Crippen molar-refractivity contribution in [1.29, 1.82) is 0 Å². The summed E-state index contributed by atoms with van der Waals surface area (Å²) in [5.41, 5.74) is 6.34. The summed E-state index contributed by atoms with van der Waals surface area (Å²) in [6, 6.07) is 3.56. The topological polar surface area (TPSA) is 64.9 Å². The molecule has 6 heteroatoms. The first-order chi connectivity index (χ1) is 9.60. The van der Waals surface area contributed by atoms with Gasteiger partial charge in [-0.2, -0.15) is 4.98 Å². The molecule has 4 nitrogen and oxygen atoms in total. The van der Waals surface area contributed by atoms with Crippen LogP contribution in [0.15, 0.2) is 22.7 Å². The van der Waals surface area contributed by atoms with E-state index in [1.54, 1.807) is 0 Å². The number of nitrogens with zero attached hydrogens (tertiary/aromatic N) is 2. The van der Waals surface area contributed by atoms with Gasteiger partial charge in [0.15, 0.2) is 5.82 Å². The molecule has 1 heterocycles. The molecule has 2 atom stereocenters. The Morgan fingerprint density at radius 2 is 1.95 bits per heavy atom. The zero-order valence-corrected chi connectivity index (χ0v) is 10.9. The summed E-state index contributed by atoms with van der Waals surface area (Å²) < 4.78 is 31.4. The summed E-state index contributed by atoms with van der Waals surface area (Å²) in [6.07, 6.45) is 2.99. The second-order valence-corrected chi connectivity index (χ2v) is 5.27. The Morgan fingerprint density at radius 1 is 1.20 bits per heavy atom. The molecule has 1 fully saturated rings. The van der Waals surface area contributed by atoms with Crippen LogP contribution in [0.1, 0.15) is 42.5 Å². The van der Waals surface area contributed by atoms with Gasteiger partial charge in [-0.15, -0.1) is 0 Å². The van der Waals surface area contributed by atoms with Crippen molar-refractivity contribution in [2.75, 3.05) is 0 Å². The predicted molar refractivity (Wildman–Crippen MR) is 68.0 cm³/mol. The molecular weight excluding hydrogens is 264 g/mol. The molecule has 1 aliphatic carbocycles. The minimum Gasteiger partial charge on any atom is -0.339 e. The van der Waals surface area contributed by atoms with E-state index in [-0.39, 0.29) is 18.4 Å². The Bertz CT molecular complexity index is 594. The molecule has 1 aromatic carbocycles. The van der Waals surface area contributed by atoms with E-state index < -0.39 is 11.6 Å². The molecule has 0 radical (unpaired) electrons. The SMILES string of the molecule is N[C@H]1CC[C@@H](c2nc(Cc3cc(F)cc(F)c3)no2)C1. The Balaban J connectivity index is 1.73. The van der Waals surface area contributed by atoms with Crippen LogP contribution in [0.3, 0.4) is 0 Å². The molecule has 0 spiro atoms. The second-order valence-electron chi connectivity index (χ2n) is 5.27. The van der Waals surface area contributed by atoms with E-state index in [4.69, 9.17) is 10.3 Å². The molecule has 3 rings (SSSR count). The van der Waals surface area contributed by atoms with Crippen LogP contribution < -0.4 is 5.73 Å². The number of halogens is 2. The van der Waals surface area contributed by atoms with Gasteiger partial charge < -0.3 is 10.3 Å². The monoisotopic (exact) mass is 279 g/mol. The van der Waals surface area contributed by atoms with Gasteiger partial charge in [0.1, 0.15) is 11.6 Å². The fourth-order valence-electron chi connectivity index (χ4n) is 2.64. The summed E-state index contributed by atoms with van der Waals surface area (Å²) in [5.74, 6) is 0.00163. The molecule has 106 valence electrons. The maximum Gasteiger partial charge on any atom is 0.229 e. The van der Waals surface area contributed by atoms with Gasteiger partial charge in [-0.05, 0) is 37.0 Å². The van der Waals surface area contributed by atoms with Crippen LogP contribution >= 0.6 is 0 Å². The highest BCUT2D eigenvalue weighted by atomic mass is 19.1. The maximum absolute atomic E-state index is 13.1. The summed E-state index contributed by atoms with van der Waals surface area (Å²) in [6.45, 7) is 0. The molecule has 1 aliphatic rings. The van der Waals surface area contributed by atoms with Crippen molar-refractivity contribution in [2.45, 2.75) is 37.6 Å². The summed E-state index contributed by atoms with van der Waals surface area (Å²) in [7, 11) is 0. The Morgan fingerprint density at radius 3 is 2.60 bits per heavy atom. The number of hydrogen-bond acceptors (Lipinski definition) is 4. The van der Waals surface area contributed by atoms with Crippen LogP contribution in [0.25, 0.3) is 0 Å². The number of rotatable bonds is 3. The summed E-state index contributed by atoms with van der Waals surface area (Å²) >= 11 is 0. The minimum absolute atomic E-state index is 0.188. The highest BCUT2D eigenvalue weighted by molar-refractivity contribution is 5.21. The Labute approximate surface area is 115 Å². The van der Waals surface area contributed by atoms with Gasteiger partial charge in [-0.25, -0.2) is 8.78 Å². The van der Waals surface area contributed by atoms with Gasteiger partial charge in [0, 0.05) is 24.4 Å². The van der Waals surface area contributed by atoms with Crippen molar-refractivity contribution in [3.05, 3.63) is 47.1 Å². The third kappa shape index (κ3) is 2.85. The molecule has 0 bridgehead atoms. The van der Waals surface area contributed by atoms with E-state index in [1.807, 2.05) is 0 Å². The Kier molecular flexibility index (Phi) is 3.48. The summed E-state index contributed by atoms with van der Waals surface area (Å²) in [4.78, 5) is 4.30. The standard InChI is InChI=1S/C14H15F2N3O/c15-10-3-8(4-11(16)7-10)5-13-18-14(20-19-13)9-1-2-12(17)6-9/h3-4,7,9,12H,1-2,5-6,17H2/t9-,12+/m1/s1. The quantitative estimate of drug-likeness (QED) is 0.937. The molecule has 20 heavy (non-hydrogen) atoms.